The van der Waals surface area contributed by atoms with Crippen LogP contribution >= 0.6 is 0 Å². The lowest BCUT2D eigenvalue weighted by molar-refractivity contribution is -0.142. The quantitative estimate of drug-likeness (QED) is 0.655. The van der Waals surface area contributed by atoms with Gasteiger partial charge < -0.3 is 15.1 Å². The highest BCUT2D eigenvalue weighted by molar-refractivity contribution is 6.01. The van der Waals surface area contributed by atoms with Crippen LogP contribution in [0.15, 0.2) is 30.3 Å². The van der Waals surface area contributed by atoms with E-state index in [-0.39, 0.29) is 44.4 Å². The van der Waals surface area contributed by atoms with E-state index in [2.05, 4.69) is 0 Å². The van der Waals surface area contributed by atoms with Crippen LogP contribution in [0.25, 0.3) is 0 Å². The molecule has 116 valence electrons. The van der Waals surface area contributed by atoms with Crippen molar-refractivity contribution in [3.63, 3.8) is 0 Å². The van der Waals surface area contributed by atoms with Gasteiger partial charge in [0.2, 0.25) is 5.91 Å². The third kappa shape index (κ3) is 5.28. The Morgan fingerprint density at radius 3 is 2.14 bits per heavy atom. The Morgan fingerprint density at radius 1 is 1.10 bits per heavy atom. The predicted molar refractivity (Wildman–Crippen MR) is 79.7 cm³/mol. The molecule has 0 heterocycles. The topological polar surface area (TPSA) is 77.8 Å². The fourth-order valence-corrected chi connectivity index (χ4v) is 2.23. The number of amides is 1. The fraction of sp³-hybridized carbons (Fsp3) is 0.500. The zero-order valence-corrected chi connectivity index (χ0v) is 12.4. The van der Waals surface area contributed by atoms with Crippen LogP contribution in [0.5, 0.6) is 0 Å². The van der Waals surface area contributed by atoms with Gasteiger partial charge in [0, 0.05) is 19.5 Å². The van der Waals surface area contributed by atoms with Gasteiger partial charge >= 0.3 is 0 Å². The molecular weight excluding hydrogens is 270 g/mol. The summed E-state index contributed by atoms with van der Waals surface area (Å²) < 4.78 is 0. The number of hydrogen-bond acceptors (Lipinski definition) is 4. The number of Topliss-reactive ketones (excluding diaryl/α,β-unsaturated/α-hetero) is 1. The highest BCUT2D eigenvalue weighted by atomic mass is 16.3. The number of carbonyl (C=O) groups excluding carboxylic acids is 2. The van der Waals surface area contributed by atoms with Crippen molar-refractivity contribution in [3.8, 4) is 0 Å². The van der Waals surface area contributed by atoms with Crippen LogP contribution in [0.2, 0.25) is 0 Å². The third-order valence-electron chi connectivity index (χ3n) is 3.37. The smallest absolute Gasteiger partial charge is 0.233 e. The molecule has 0 bridgehead atoms. The largest absolute Gasteiger partial charge is 0.395 e. The molecule has 0 aliphatic heterocycles. The first-order valence-corrected chi connectivity index (χ1v) is 7.21. The summed E-state index contributed by atoms with van der Waals surface area (Å²) in [5.74, 6) is -1.20. The number of ketones is 1. The molecule has 0 radical (unpaired) electrons. The predicted octanol–water partition coefficient (Wildman–Crippen LogP) is 0.638. The maximum absolute atomic E-state index is 12.5. The molecule has 5 heteroatoms. The molecule has 21 heavy (non-hydrogen) atoms. The second-order valence-corrected chi connectivity index (χ2v) is 4.83. The third-order valence-corrected chi connectivity index (χ3v) is 3.37. The van der Waals surface area contributed by atoms with Gasteiger partial charge in [-0.1, -0.05) is 37.3 Å². The molecule has 0 aliphatic rings. The molecule has 5 nitrogen and oxygen atoms in total. The van der Waals surface area contributed by atoms with Crippen LogP contribution in [-0.2, 0) is 16.0 Å². The highest BCUT2D eigenvalue weighted by Crippen LogP contribution is 2.15. The van der Waals surface area contributed by atoms with Crippen LogP contribution < -0.4 is 0 Å². The van der Waals surface area contributed by atoms with Gasteiger partial charge in [-0.2, -0.15) is 0 Å². The molecule has 0 saturated heterocycles. The number of benzene rings is 1. The van der Waals surface area contributed by atoms with Crippen molar-refractivity contribution in [2.24, 2.45) is 5.92 Å². The molecule has 1 rings (SSSR count). The summed E-state index contributed by atoms with van der Waals surface area (Å²) in [5, 5.41) is 18.0. The van der Waals surface area contributed by atoms with Gasteiger partial charge in [-0.3, -0.25) is 9.59 Å². The van der Waals surface area contributed by atoms with Gasteiger partial charge in [0.05, 0.1) is 13.2 Å². The maximum atomic E-state index is 12.5. The van der Waals surface area contributed by atoms with Gasteiger partial charge in [-0.05, 0) is 12.0 Å². The van der Waals surface area contributed by atoms with Crippen LogP contribution in [-0.4, -0.2) is 53.1 Å². The summed E-state index contributed by atoms with van der Waals surface area (Å²) in [4.78, 5) is 26.0. The molecule has 1 amide bonds. The molecular formula is C16H23NO4. The van der Waals surface area contributed by atoms with E-state index >= 15 is 0 Å². The standard InChI is InChI=1S/C16H23NO4/c1-2-15(20)14(12-13-6-4-3-5-7-13)16(21)17(8-10-18)9-11-19/h3-7,14,18-19H,2,8-12H2,1H3. The molecule has 1 unspecified atom stereocenters. The van der Waals surface area contributed by atoms with E-state index in [1.54, 1.807) is 6.92 Å². The average Bonchev–Trinajstić information content (AvgIpc) is 2.52. The monoisotopic (exact) mass is 293 g/mol. The van der Waals surface area contributed by atoms with Crippen LogP contribution in [0.4, 0.5) is 0 Å². The maximum Gasteiger partial charge on any atom is 0.233 e. The Morgan fingerprint density at radius 2 is 1.67 bits per heavy atom. The normalized spacial score (nSPS) is 12.0. The summed E-state index contributed by atoms with van der Waals surface area (Å²) in [5.41, 5.74) is 0.922. The van der Waals surface area contributed by atoms with Gasteiger partial charge in [0.15, 0.2) is 0 Å². The van der Waals surface area contributed by atoms with Crippen LogP contribution in [0, 0.1) is 5.92 Å². The van der Waals surface area contributed by atoms with E-state index in [0.717, 1.165) is 5.56 Å². The first kappa shape index (κ1) is 17.3. The molecule has 0 spiro atoms. The fourth-order valence-electron chi connectivity index (χ4n) is 2.23. The molecule has 0 saturated carbocycles. The highest BCUT2D eigenvalue weighted by Gasteiger charge is 2.29. The zero-order valence-electron chi connectivity index (χ0n) is 12.4. The van der Waals surface area contributed by atoms with Crippen molar-refractivity contribution in [2.75, 3.05) is 26.3 Å². The lowest BCUT2D eigenvalue weighted by atomic mass is 9.92. The van der Waals surface area contributed by atoms with Crippen molar-refractivity contribution in [1.82, 2.24) is 4.90 Å². The Hall–Kier alpha value is -1.72. The van der Waals surface area contributed by atoms with Crippen molar-refractivity contribution in [3.05, 3.63) is 35.9 Å². The van der Waals surface area contributed by atoms with E-state index in [0.29, 0.717) is 6.42 Å². The van der Waals surface area contributed by atoms with Crippen LogP contribution in [0.3, 0.4) is 0 Å². The number of nitrogens with zero attached hydrogens (tertiary/aromatic N) is 1. The zero-order chi connectivity index (χ0) is 15.7. The first-order valence-electron chi connectivity index (χ1n) is 7.21. The Balaban J connectivity index is 2.90. The number of aliphatic hydroxyl groups is 2. The van der Waals surface area contributed by atoms with E-state index in [9.17, 15) is 9.59 Å². The minimum absolute atomic E-state index is 0.121. The summed E-state index contributed by atoms with van der Waals surface area (Å²) >= 11 is 0. The SMILES string of the molecule is CCC(=O)C(Cc1ccccc1)C(=O)N(CCO)CCO. The lowest BCUT2D eigenvalue weighted by Crippen LogP contribution is -2.43. The first-order chi connectivity index (χ1) is 10.1. The second kappa shape index (κ2) is 9.26. The number of rotatable bonds is 9. The Kier molecular flexibility index (Phi) is 7.64. The summed E-state index contributed by atoms with van der Waals surface area (Å²) in [6, 6.07) is 9.38. The van der Waals surface area contributed by atoms with Gasteiger partial charge in [-0.25, -0.2) is 0 Å². The lowest BCUT2D eigenvalue weighted by Gasteiger charge is -2.25. The van der Waals surface area contributed by atoms with E-state index in [1.807, 2.05) is 30.3 Å². The summed E-state index contributed by atoms with van der Waals surface area (Å²) in [7, 11) is 0. The molecule has 0 aromatic heterocycles. The molecule has 1 aromatic carbocycles. The Labute approximate surface area is 125 Å². The number of carbonyl (C=O) groups is 2. The van der Waals surface area contributed by atoms with E-state index in [4.69, 9.17) is 10.2 Å². The second-order valence-electron chi connectivity index (χ2n) is 4.83. The molecule has 0 aliphatic carbocycles. The average molecular weight is 293 g/mol. The van der Waals surface area contributed by atoms with Gasteiger partial charge in [0.25, 0.3) is 0 Å². The minimum atomic E-state index is -0.754. The van der Waals surface area contributed by atoms with Crippen molar-refractivity contribution in [2.45, 2.75) is 19.8 Å². The summed E-state index contributed by atoms with van der Waals surface area (Å²) in [6.45, 7) is 1.60. The van der Waals surface area contributed by atoms with E-state index < -0.39 is 5.92 Å². The van der Waals surface area contributed by atoms with Crippen molar-refractivity contribution < 1.29 is 19.8 Å². The number of hydrogen-bond donors (Lipinski definition) is 2. The van der Waals surface area contributed by atoms with Crippen molar-refractivity contribution >= 4 is 11.7 Å². The van der Waals surface area contributed by atoms with Crippen molar-refractivity contribution in [1.29, 1.82) is 0 Å². The Bertz CT molecular complexity index is 441. The molecule has 0 fully saturated rings. The molecule has 1 atom stereocenters. The molecule has 1 aromatic rings. The molecule has 2 N–H and O–H groups in total. The van der Waals surface area contributed by atoms with E-state index in [1.165, 1.54) is 4.90 Å². The van der Waals surface area contributed by atoms with Crippen LogP contribution in [0.1, 0.15) is 18.9 Å². The number of aliphatic hydroxyl groups excluding tert-OH is 2. The van der Waals surface area contributed by atoms with Gasteiger partial charge in [-0.15, -0.1) is 0 Å². The minimum Gasteiger partial charge on any atom is -0.395 e. The van der Waals surface area contributed by atoms with Gasteiger partial charge in [0.1, 0.15) is 11.7 Å². The summed E-state index contributed by atoms with van der Waals surface area (Å²) in [6.07, 6.45) is 0.634.